The Bertz CT molecular complexity index is 2190. The van der Waals surface area contributed by atoms with Gasteiger partial charge in [0.25, 0.3) is 11.8 Å². The van der Waals surface area contributed by atoms with E-state index in [2.05, 4.69) is 10.2 Å². The highest BCUT2D eigenvalue weighted by molar-refractivity contribution is 6.21. The fourth-order valence-corrected chi connectivity index (χ4v) is 5.56. The molecule has 0 bridgehead atoms. The van der Waals surface area contributed by atoms with Gasteiger partial charge in [0.1, 0.15) is 0 Å². The molecule has 1 aliphatic heterocycles. The lowest BCUT2D eigenvalue weighted by atomic mass is 10.0. The van der Waals surface area contributed by atoms with E-state index in [-0.39, 0.29) is 35.7 Å². The maximum Gasteiger partial charge on any atom is 0.417 e. The van der Waals surface area contributed by atoms with Crippen molar-refractivity contribution in [1.82, 2.24) is 24.5 Å². The Morgan fingerprint density at radius 1 is 0.692 bits per heavy atom. The molecular formula is C36H28F6N8O2. The van der Waals surface area contributed by atoms with Gasteiger partial charge in [0, 0.05) is 29.6 Å². The number of carbonyl (C=O) groups is 2. The summed E-state index contributed by atoms with van der Waals surface area (Å²) in [6.45, 7) is 4.16. The van der Waals surface area contributed by atoms with E-state index in [9.17, 15) is 35.9 Å². The zero-order chi connectivity index (χ0) is 38.0. The number of aromatic nitrogens is 4. The number of hydrogen-bond acceptors (Lipinski definition) is 7. The molecule has 0 spiro atoms. The Morgan fingerprint density at radius 3 is 1.50 bits per heavy atom. The minimum Gasteiger partial charge on any atom is -0.326 e. The first-order chi connectivity index (χ1) is 24.5. The van der Waals surface area contributed by atoms with E-state index in [0.717, 1.165) is 29.2 Å². The van der Waals surface area contributed by atoms with Crippen molar-refractivity contribution in [2.75, 3.05) is 0 Å². The number of carbonyl (C=O) groups excluding carboxylic acids is 2. The number of benzene rings is 3. The largest absolute Gasteiger partial charge is 0.417 e. The minimum absolute atomic E-state index is 0.107. The SMILES string of the molecule is C[C@@H](N)Cn1ccc(-c2ccc(C#N)c(C(F)(F)F)c2)n1.C[C@H](Cn1ccc(-c2ccc(C#N)c(C(F)(F)F)c2)n1)N1C(=O)c2ccccc2C1=O. The molecule has 0 saturated carbocycles. The van der Waals surface area contributed by atoms with E-state index in [0.29, 0.717) is 28.9 Å². The highest BCUT2D eigenvalue weighted by Crippen LogP contribution is 2.36. The average molecular weight is 719 g/mol. The van der Waals surface area contributed by atoms with Gasteiger partial charge in [0.05, 0.1) is 76.0 Å². The van der Waals surface area contributed by atoms with Crippen molar-refractivity contribution in [1.29, 1.82) is 10.5 Å². The van der Waals surface area contributed by atoms with E-state index < -0.39 is 40.6 Å². The lowest BCUT2D eigenvalue weighted by Crippen LogP contribution is -2.40. The highest BCUT2D eigenvalue weighted by Gasteiger charge is 2.38. The summed E-state index contributed by atoms with van der Waals surface area (Å²) in [6.07, 6.45) is -6.02. The Morgan fingerprint density at radius 2 is 1.12 bits per heavy atom. The molecule has 0 aliphatic carbocycles. The van der Waals surface area contributed by atoms with Crippen LogP contribution in [0.3, 0.4) is 0 Å². The third-order valence-corrected chi connectivity index (χ3v) is 7.96. The van der Waals surface area contributed by atoms with Crippen LogP contribution in [-0.4, -0.2) is 48.4 Å². The van der Waals surface area contributed by atoms with E-state index in [4.69, 9.17) is 16.3 Å². The molecule has 0 radical (unpaired) electrons. The topological polar surface area (TPSA) is 147 Å². The number of nitrogens with two attached hydrogens (primary N) is 1. The molecule has 266 valence electrons. The first kappa shape index (κ1) is 37.0. The van der Waals surface area contributed by atoms with Crippen LogP contribution in [0.4, 0.5) is 26.3 Å². The number of rotatable bonds is 7. The molecule has 16 heteroatoms. The number of imide groups is 1. The quantitative estimate of drug-likeness (QED) is 0.142. The molecule has 3 aromatic carbocycles. The third kappa shape index (κ3) is 7.87. The fourth-order valence-electron chi connectivity index (χ4n) is 5.56. The van der Waals surface area contributed by atoms with Gasteiger partial charge in [-0.1, -0.05) is 24.3 Å². The number of alkyl halides is 6. The van der Waals surface area contributed by atoms with Gasteiger partial charge < -0.3 is 5.73 Å². The molecule has 5 aromatic rings. The molecule has 3 heterocycles. The van der Waals surface area contributed by atoms with Crippen LogP contribution in [0.15, 0.2) is 85.2 Å². The van der Waals surface area contributed by atoms with Crippen LogP contribution in [0.2, 0.25) is 0 Å². The molecular weight excluding hydrogens is 690 g/mol. The molecule has 2 aromatic heterocycles. The Balaban J connectivity index is 0.000000217. The first-order valence-electron chi connectivity index (χ1n) is 15.5. The van der Waals surface area contributed by atoms with Crippen LogP contribution >= 0.6 is 0 Å². The lowest BCUT2D eigenvalue weighted by molar-refractivity contribution is -0.138. The van der Waals surface area contributed by atoms with Crippen molar-refractivity contribution < 1.29 is 35.9 Å². The van der Waals surface area contributed by atoms with Gasteiger partial charge in [-0.05, 0) is 62.4 Å². The van der Waals surface area contributed by atoms with E-state index >= 15 is 0 Å². The summed E-state index contributed by atoms with van der Waals surface area (Å²) in [5.41, 5.74) is 4.70. The molecule has 0 unspecified atom stereocenters. The van der Waals surface area contributed by atoms with Crippen LogP contribution in [0, 0.1) is 22.7 Å². The summed E-state index contributed by atoms with van der Waals surface area (Å²) >= 11 is 0. The van der Waals surface area contributed by atoms with Crippen molar-refractivity contribution in [3.05, 3.63) is 119 Å². The second-order valence-electron chi connectivity index (χ2n) is 11.9. The fraction of sp³-hybridized carbons (Fsp3) is 0.222. The van der Waals surface area contributed by atoms with E-state index in [1.807, 2.05) is 6.92 Å². The van der Waals surface area contributed by atoms with Gasteiger partial charge >= 0.3 is 12.4 Å². The maximum atomic E-state index is 13.2. The zero-order valence-corrected chi connectivity index (χ0v) is 27.4. The molecule has 2 amide bonds. The average Bonchev–Trinajstić information content (AvgIpc) is 3.82. The Hall–Kier alpha value is -6.26. The molecule has 0 fully saturated rings. The third-order valence-electron chi connectivity index (χ3n) is 7.96. The van der Waals surface area contributed by atoms with Gasteiger partial charge in [0.15, 0.2) is 0 Å². The predicted octanol–water partition coefficient (Wildman–Crippen LogP) is 6.91. The number of nitriles is 2. The standard InChI is InChI=1S/C22H15F3N4O2.C14H13F3N4/c1-13(29-20(30)16-4-2-3-5-17(16)21(29)31)12-28-9-8-19(27-28)14-6-7-15(11-26)18(10-14)22(23,24)25;1-9(19)8-21-5-4-13(20-21)10-2-3-11(7-18)12(6-10)14(15,16)17/h2-10,13H,12H2,1H3;2-6,9H,8,19H2,1H3/t13-;9-/m11/s1. The number of fused-ring (bicyclic) bond motifs is 1. The van der Waals surface area contributed by atoms with Crippen molar-refractivity contribution in [2.45, 2.75) is 51.4 Å². The molecule has 10 nitrogen and oxygen atoms in total. The van der Waals surface area contributed by atoms with Gasteiger partial charge in [-0.2, -0.15) is 47.1 Å². The summed E-state index contributed by atoms with van der Waals surface area (Å²) in [4.78, 5) is 26.4. The van der Waals surface area contributed by atoms with Crippen LogP contribution in [-0.2, 0) is 25.4 Å². The molecule has 2 atom stereocenters. The van der Waals surface area contributed by atoms with Crippen LogP contribution in [0.1, 0.15) is 56.8 Å². The molecule has 1 aliphatic rings. The van der Waals surface area contributed by atoms with Crippen molar-refractivity contribution in [3.8, 4) is 34.7 Å². The smallest absolute Gasteiger partial charge is 0.326 e. The Kier molecular flexibility index (Phi) is 10.3. The van der Waals surface area contributed by atoms with Crippen molar-refractivity contribution in [2.24, 2.45) is 5.73 Å². The second kappa shape index (κ2) is 14.5. The first-order valence-corrected chi connectivity index (χ1v) is 15.5. The monoisotopic (exact) mass is 718 g/mol. The molecule has 0 saturated heterocycles. The van der Waals surface area contributed by atoms with Crippen LogP contribution in [0.5, 0.6) is 0 Å². The van der Waals surface area contributed by atoms with E-state index in [1.54, 1.807) is 66.5 Å². The number of nitrogens with zero attached hydrogens (tertiary/aromatic N) is 7. The lowest BCUT2D eigenvalue weighted by Gasteiger charge is -2.22. The number of amides is 2. The van der Waals surface area contributed by atoms with E-state index in [1.165, 1.54) is 22.9 Å². The number of halogens is 6. The molecule has 2 N–H and O–H groups in total. The summed E-state index contributed by atoms with van der Waals surface area (Å²) < 4.78 is 81.5. The Labute approximate surface area is 292 Å². The van der Waals surface area contributed by atoms with Crippen LogP contribution in [0.25, 0.3) is 22.5 Å². The van der Waals surface area contributed by atoms with Crippen molar-refractivity contribution in [3.63, 3.8) is 0 Å². The van der Waals surface area contributed by atoms with Gasteiger partial charge in [-0.3, -0.25) is 23.9 Å². The van der Waals surface area contributed by atoms with Crippen molar-refractivity contribution >= 4 is 11.8 Å². The highest BCUT2D eigenvalue weighted by atomic mass is 19.4. The van der Waals surface area contributed by atoms with Gasteiger partial charge in [-0.25, -0.2) is 0 Å². The zero-order valence-electron chi connectivity index (χ0n) is 27.4. The van der Waals surface area contributed by atoms with Crippen LogP contribution < -0.4 is 5.73 Å². The minimum atomic E-state index is -4.66. The summed E-state index contributed by atoms with van der Waals surface area (Å²) in [6, 6.07) is 19.1. The summed E-state index contributed by atoms with van der Waals surface area (Å²) in [5.74, 6) is -0.773. The summed E-state index contributed by atoms with van der Waals surface area (Å²) in [7, 11) is 0. The van der Waals surface area contributed by atoms with Gasteiger partial charge in [-0.15, -0.1) is 0 Å². The molecule has 6 rings (SSSR count). The normalized spacial score (nSPS) is 13.9. The number of hydrogen-bond donors (Lipinski definition) is 1. The predicted molar refractivity (Wildman–Crippen MR) is 175 cm³/mol. The maximum absolute atomic E-state index is 13.2. The molecule has 52 heavy (non-hydrogen) atoms. The summed E-state index contributed by atoms with van der Waals surface area (Å²) in [5, 5.41) is 26.2. The second-order valence-corrected chi connectivity index (χ2v) is 11.9. The van der Waals surface area contributed by atoms with Gasteiger partial charge in [0.2, 0.25) is 0 Å².